The van der Waals surface area contributed by atoms with Crippen LogP contribution in [0.4, 0.5) is 0 Å². The van der Waals surface area contributed by atoms with Crippen molar-refractivity contribution < 1.29 is 4.79 Å². The van der Waals surface area contributed by atoms with Crippen LogP contribution < -0.4 is 0 Å². The highest BCUT2D eigenvalue weighted by Crippen LogP contribution is 2.34. The summed E-state index contributed by atoms with van der Waals surface area (Å²) in [7, 11) is 0. The molecule has 1 atom stereocenters. The molecule has 1 unspecified atom stereocenters. The van der Waals surface area contributed by atoms with E-state index in [0.717, 1.165) is 30.1 Å². The fourth-order valence-electron chi connectivity index (χ4n) is 3.29. The first-order valence-corrected chi connectivity index (χ1v) is 8.18. The van der Waals surface area contributed by atoms with E-state index in [1.165, 1.54) is 19.3 Å². The zero-order valence-corrected chi connectivity index (χ0v) is 14.0. The number of carbonyl (C=O) groups excluding carboxylic acids is 1. The second-order valence-electron chi connectivity index (χ2n) is 7.56. The van der Waals surface area contributed by atoms with Gasteiger partial charge in [0.25, 0.3) is 0 Å². The molecule has 0 spiro atoms. The topological polar surface area (TPSA) is 20.3 Å². The molecule has 0 bridgehead atoms. The van der Waals surface area contributed by atoms with E-state index in [9.17, 15) is 4.79 Å². The Hall–Kier alpha value is -1.15. The molecular formula is C19H29NO. The van der Waals surface area contributed by atoms with Crippen molar-refractivity contribution in [2.24, 2.45) is 11.3 Å². The number of ketones is 1. The highest BCUT2D eigenvalue weighted by molar-refractivity contribution is 5.97. The zero-order chi connectivity index (χ0) is 15.5. The van der Waals surface area contributed by atoms with E-state index in [-0.39, 0.29) is 5.78 Å². The van der Waals surface area contributed by atoms with E-state index in [1.54, 1.807) is 0 Å². The summed E-state index contributed by atoms with van der Waals surface area (Å²) in [5, 5.41) is 0. The average Bonchev–Trinajstić information content (AvgIpc) is 2.64. The number of hydrogen-bond donors (Lipinski definition) is 0. The molecule has 1 aromatic rings. The Kier molecular flexibility index (Phi) is 5.21. The highest BCUT2D eigenvalue weighted by Gasteiger charge is 2.27. The third kappa shape index (κ3) is 4.67. The molecule has 0 aromatic heterocycles. The molecule has 0 saturated carbocycles. The SMILES string of the molecule is Cc1cccc(C(=O)CN2CCCC(C(C)(C)C)CC2)c1. The molecule has 21 heavy (non-hydrogen) atoms. The fourth-order valence-corrected chi connectivity index (χ4v) is 3.29. The quantitative estimate of drug-likeness (QED) is 0.771. The minimum absolute atomic E-state index is 0.257. The Morgan fingerprint density at radius 2 is 2.00 bits per heavy atom. The Morgan fingerprint density at radius 3 is 2.67 bits per heavy atom. The molecule has 0 amide bonds. The molecule has 0 N–H and O–H groups in total. The van der Waals surface area contributed by atoms with Gasteiger partial charge in [-0.25, -0.2) is 0 Å². The average molecular weight is 287 g/mol. The van der Waals surface area contributed by atoms with E-state index in [2.05, 4.69) is 25.7 Å². The van der Waals surface area contributed by atoms with Crippen molar-refractivity contribution >= 4 is 5.78 Å². The van der Waals surface area contributed by atoms with Crippen molar-refractivity contribution in [3.63, 3.8) is 0 Å². The molecule has 2 rings (SSSR count). The van der Waals surface area contributed by atoms with Crippen molar-refractivity contribution in [3.05, 3.63) is 35.4 Å². The van der Waals surface area contributed by atoms with Gasteiger partial charge in [-0.3, -0.25) is 9.69 Å². The summed E-state index contributed by atoms with van der Waals surface area (Å²) in [6, 6.07) is 7.94. The Labute approximate surface area is 129 Å². The zero-order valence-electron chi connectivity index (χ0n) is 14.0. The van der Waals surface area contributed by atoms with Crippen molar-refractivity contribution in [2.75, 3.05) is 19.6 Å². The van der Waals surface area contributed by atoms with Crippen LogP contribution >= 0.6 is 0 Å². The molecular weight excluding hydrogens is 258 g/mol. The van der Waals surface area contributed by atoms with Crippen LogP contribution in [0.3, 0.4) is 0 Å². The van der Waals surface area contributed by atoms with Crippen LogP contribution in [-0.4, -0.2) is 30.3 Å². The van der Waals surface area contributed by atoms with Crippen molar-refractivity contribution in [1.82, 2.24) is 4.90 Å². The summed E-state index contributed by atoms with van der Waals surface area (Å²) in [5.74, 6) is 1.03. The van der Waals surface area contributed by atoms with Crippen LogP contribution in [-0.2, 0) is 0 Å². The Morgan fingerprint density at radius 1 is 1.24 bits per heavy atom. The van der Waals surface area contributed by atoms with Crippen LogP contribution in [0.1, 0.15) is 56.0 Å². The van der Waals surface area contributed by atoms with Crippen LogP contribution in [0.25, 0.3) is 0 Å². The molecule has 1 aliphatic rings. The first-order chi connectivity index (χ1) is 9.86. The monoisotopic (exact) mass is 287 g/mol. The van der Waals surface area contributed by atoms with Crippen molar-refractivity contribution in [3.8, 4) is 0 Å². The lowest BCUT2D eigenvalue weighted by atomic mass is 9.77. The van der Waals surface area contributed by atoms with E-state index in [0.29, 0.717) is 12.0 Å². The van der Waals surface area contributed by atoms with Gasteiger partial charge >= 0.3 is 0 Å². The first kappa shape index (κ1) is 16.2. The third-order valence-electron chi connectivity index (χ3n) is 4.75. The van der Waals surface area contributed by atoms with Gasteiger partial charge in [-0.1, -0.05) is 44.5 Å². The van der Waals surface area contributed by atoms with Gasteiger partial charge in [-0.15, -0.1) is 0 Å². The molecule has 1 fully saturated rings. The molecule has 1 saturated heterocycles. The number of hydrogen-bond acceptors (Lipinski definition) is 2. The van der Waals surface area contributed by atoms with E-state index in [1.807, 2.05) is 31.2 Å². The van der Waals surface area contributed by atoms with Gasteiger partial charge in [0.05, 0.1) is 6.54 Å². The summed E-state index contributed by atoms with van der Waals surface area (Å²) < 4.78 is 0. The van der Waals surface area contributed by atoms with Gasteiger partial charge in [0.2, 0.25) is 0 Å². The summed E-state index contributed by atoms with van der Waals surface area (Å²) in [6.45, 7) is 11.7. The van der Waals surface area contributed by atoms with E-state index in [4.69, 9.17) is 0 Å². The van der Waals surface area contributed by atoms with Crippen LogP contribution in [0.5, 0.6) is 0 Å². The minimum atomic E-state index is 0.257. The normalized spacial score (nSPS) is 21.0. The molecule has 2 nitrogen and oxygen atoms in total. The lowest BCUT2D eigenvalue weighted by Crippen LogP contribution is -2.31. The number of carbonyl (C=O) groups is 1. The summed E-state index contributed by atoms with van der Waals surface area (Å²) in [4.78, 5) is 14.8. The number of Topliss-reactive ketones (excluding diaryl/α,β-unsaturated/α-hetero) is 1. The van der Waals surface area contributed by atoms with Crippen molar-refractivity contribution in [2.45, 2.75) is 47.0 Å². The largest absolute Gasteiger partial charge is 0.296 e. The van der Waals surface area contributed by atoms with Gasteiger partial charge in [0.1, 0.15) is 0 Å². The standard InChI is InChI=1S/C19H29NO/c1-15-7-5-8-16(13-15)18(21)14-20-11-6-9-17(10-12-20)19(2,3)4/h5,7-8,13,17H,6,9-12,14H2,1-4H3. The Balaban J connectivity index is 1.93. The number of nitrogens with zero attached hydrogens (tertiary/aromatic N) is 1. The predicted molar refractivity (Wildman–Crippen MR) is 88.7 cm³/mol. The maximum absolute atomic E-state index is 12.4. The maximum Gasteiger partial charge on any atom is 0.176 e. The third-order valence-corrected chi connectivity index (χ3v) is 4.75. The molecule has 1 heterocycles. The molecule has 0 aliphatic carbocycles. The predicted octanol–water partition coefficient (Wildman–Crippen LogP) is 4.33. The lowest BCUT2D eigenvalue weighted by molar-refractivity contribution is 0.0930. The van der Waals surface area contributed by atoms with Gasteiger partial charge in [0, 0.05) is 5.56 Å². The smallest absolute Gasteiger partial charge is 0.176 e. The van der Waals surface area contributed by atoms with Gasteiger partial charge < -0.3 is 0 Å². The lowest BCUT2D eigenvalue weighted by Gasteiger charge is -2.29. The number of rotatable bonds is 3. The summed E-state index contributed by atoms with van der Waals surface area (Å²) >= 11 is 0. The number of likely N-dealkylation sites (tertiary alicyclic amines) is 1. The van der Waals surface area contributed by atoms with E-state index < -0.39 is 0 Å². The summed E-state index contributed by atoms with van der Waals surface area (Å²) in [5.41, 5.74) is 2.40. The van der Waals surface area contributed by atoms with Crippen LogP contribution in [0, 0.1) is 18.3 Å². The molecule has 1 aromatic carbocycles. The fraction of sp³-hybridized carbons (Fsp3) is 0.632. The summed E-state index contributed by atoms with van der Waals surface area (Å²) in [6.07, 6.45) is 3.71. The number of benzene rings is 1. The molecule has 0 radical (unpaired) electrons. The van der Waals surface area contributed by atoms with Gasteiger partial charge in [-0.05, 0) is 56.7 Å². The maximum atomic E-state index is 12.4. The van der Waals surface area contributed by atoms with Gasteiger partial charge in [0.15, 0.2) is 5.78 Å². The molecule has 116 valence electrons. The van der Waals surface area contributed by atoms with Gasteiger partial charge in [-0.2, -0.15) is 0 Å². The van der Waals surface area contributed by atoms with Crippen LogP contribution in [0.15, 0.2) is 24.3 Å². The molecule has 2 heteroatoms. The highest BCUT2D eigenvalue weighted by atomic mass is 16.1. The van der Waals surface area contributed by atoms with Crippen LogP contribution in [0.2, 0.25) is 0 Å². The van der Waals surface area contributed by atoms with Crippen molar-refractivity contribution in [1.29, 1.82) is 0 Å². The second kappa shape index (κ2) is 6.74. The Bertz CT molecular complexity index is 487. The van der Waals surface area contributed by atoms with E-state index >= 15 is 0 Å². The number of aryl methyl sites for hydroxylation is 1. The molecule has 1 aliphatic heterocycles. The second-order valence-corrected chi connectivity index (χ2v) is 7.56. The first-order valence-electron chi connectivity index (χ1n) is 8.18. The minimum Gasteiger partial charge on any atom is -0.296 e.